The lowest BCUT2D eigenvalue weighted by atomic mass is 9.53. The van der Waals surface area contributed by atoms with Crippen molar-refractivity contribution in [2.45, 2.75) is 76.0 Å². The van der Waals surface area contributed by atoms with E-state index in [1.54, 1.807) is 0 Å². The first kappa shape index (κ1) is 22.4. The van der Waals surface area contributed by atoms with Gasteiger partial charge in [-0.2, -0.15) is 0 Å². The molecule has 6 rings (SSSR count). The molecule has 33 heavy (non-hydrogen) atoms. The molecular formula is C25H33N5O2S. The van der Waals surface area contributed by atoms with E-state index in [4.69, 9.17) is 0 Å². The Balaban J connectivity index is 1.17. The molecule has 0 unspecified atom stereocenters. The van der Waals surface area contributed by atoms with Crippen molar-refractivity contribution in [3.05, 3.63) is 35.7 Å². The Kier molecular flexibility index (Phi) is 6.20. The second kappa shape index (κ2) is 9.12. The van der Waals surface area contributed by atoms with Gasteiger partial charge < -0.3 is 15.2 Å². The summed E-state index contributed by atoms with van der Waals surface area (Å²) in [6.07, 6.45) is 7.70. The first-order chi connectivity index (χ1) is 15.9. The number of nitrogens with zero attached hydrogens (tertiary/aromatic N) is 3. The molecule has 4 fully saturated rings. The van der Waals surface area contributed by atoms with Crippen molar-refractivity contribution in [2.75, 3.05) is 11.1 Å². The zero-order valence-corrected chi connectivity index (χ0v) is 20.3. The number of para-hydroxylation sites is 1. The lowest BCUT2D eigenvalue weighted by Crippen LogP contribution is -2.60. The first-order valence-electron chi connectivity index (χ1n) is 12.1. The molecule has 2 N–H and O–H groups in total. The molecule has 0 atom stereocenters. The fourth-order valence-electron chi connectivity index (χ4n) is 6.65. The van der Waals surface area contributed by atoms with E-state index in [9.17, 15) is 9.59 Å². The van der Waals surface area contributed by atoms with Gasteiger partial charge in [0.2, 0.25) is 11.8 Å². The highest BCUT2D eigenvalue weighted by atomic mass is 32.2. The Morgan fingerprint density at radius 2 is 1.73 bits per heavy atom. The lowest BCUT2D eigenvalue weighted by molar-refractivity contribution is -0.124. The number of benzene rings is 1. The van der Waals surface area contributed by atoms with E-state index in [0.29, 0.717) is 23.3 Å². The molecule has 0 saturated heterocycles. The maximum atomic E-state index is 12.9. The van der Waals surface area contributed by atoms with Gasteiger partial charge in [0.15, 0.2) is 5.16 Å². The van der Waals surface area contributed by atoms with Crippen LogP contribution in [0.2, 0.25) is 0 Å². The highest BCUT2D eigenvalue weighted by Gasteiger charge is 2.51. The number of amides is 2. The van der Waals surface area contributed by atoms with Gasteiger partial charge >= 0.3 is 0 Å². The molecule has 1 aromatic carbocycles. The van der Waals surface area contributed by atoms with Crippen LogP contribution in [0.15, 0.2) is 29.4 Å². The van der Waals surface area contributed by atoms with Crippen LogP contribution in [0.4, 0.5) is 5.69 Å². The van der Waals surface area contributed by atoms with Crippen LogP contribution >= 0.6 is 11.8 Å². The summed E-state index contributed by atoms with van der Waals surface area (Å²) < 4.78 is 1.93. The number of rotatable bonds is 8. The predicted octanol–water partition coefficient (Wildman–Crippen LogP) is 3.96. The molecular weight excluding hydrogens is 434 g/mol. The van der Waals surface area contributed by atoms with Crippen LogP contribution in [0.5, 0.6) is 0 Å². The van der Waals surface area contributed by atoms with E-state index < -0.39 is 0 Å². The van der Waals surface area contributed by atoms with Gasteiger partial charge in [-0.1, -0.05) is 30.0 Å². The molecule has 4 saturated carbocycles. The summed E-state index contributed by atoms with van der Waals surface area (Å²) in [4.78, 5) is 25.4. The van der Waals surface area contributed by atoms with Crippen molar-refractivity contribution in [3.8, 4) is 0 Å². The van der Waals surface area contributed by atoms with Crippen LogP contribution in [0.25, 0.3) is 0 Å². The number of nitrogens with one attached hydrogen (secondary N) is 2. The summed E-state index contributed by atoms with van der Waals surface area (Å²) in [6, 6.07) is 7.71. The van der Waals surface area contributed by atoms with Gasteiger partial charge in [0, 0.05) is 17.8 Å². The van der Waals surface area contributed by atoms with Crippen molar-refractivity contribution >= 4 is 29.3 Å². The molecule has 1 heterocycles. The van der Waals surface area contributed by atoms with Gasteiger partial charge in [-0.3, -0.25) is 9.59 Å². The standard InChI is InChI=1S/C25H33N5O2S/c1-3-30-21(11-22(31)26-20-7-5-4-6-16(20)2)28-29-24(30)33-15-23(32)27-25-12-17-8-18(13-25)10-19(9-17)14-25/h4-7,17-19H,3,8-15H2,1-2H3,(H,26,31)(H,27,32). The first-order valence-corrected chi connectivity index (χ1v) is 13.1. The van der Waals surface area contributed by atoms with E-state index in [1.165, 1.54) is 31.0 Å². The maximum absolute atomic E-state index is 12.9. The molecule has 176 valence electrons. The largest absolute Gasteiger partial charge is 0.350 e. The summed E-state index contributed by atoms with van der Waals surface area (Å²) in [5.41, 5.74) is 1.86. The van der Waals surface area contributed by atoms with Gasteiger partial charge in [-0.05, 0) is 81.8 Å². The highest BCUT2D eigenvalue weighted by Crippen LogP contribution is 2.55. The topological polar surface area (TPSA) is 88.9 Å². The van der Waals surface area contributed by atoms with E-state index in [1.807, 2.05) is 42.7 Å². The molecule has 2 aromatic rings. The molecule has 1 aromatic heterocycles. The number of aromatic nitrogens is 3. The molecule has 0 radical (unpaired) electrons. The molecule has 2 amide bonds. The van der Waals surface area contributed by atoms with Crippen molar-refractivity contribution in [2.24, 2.45) is 17.8 Å². The van der Waals surface area contributed by atoms with Gasteiger partial charge in [0.05, 0.1) is 12.2 Å². The Hall–Kier alpha value is -2.35. The van der Waals surface area contributed by atoms with E-state index in [2.05, 4.69) is 20.8 Å². The van der Waals surface area contributed by atoms with Crippen molar-refractivity contribution < 1.29 is 9.59 Å². The summed E-state index contributed by atoms with van der Waals surface area (Å²) in [5, 5.41) is 15.6. The Morgan fingerprint density at radius 3 is 2.36 bits per heavy atom. The average Bonchev–Trinajstić information content (AvgIpc) is 3.14. The second-order valence-electron chi connectivity index (χ2n) is 10.2. The van der Waals surface area contributed by atoms with Crippen LogP contribution < -0.4 is 10.6 Å². The molecule has 0 spiro atoms. The Labute approximate surface area is 199 Å². The summed E-state index contributed by atoms with van der Waals surface area (Å²) in [6.45, 7) is 4.62. The van der Waals surface area contributed by atoms with Gasteiger partial charge in [-0.25, -0.2) is 0 Å². The van der Waals surface area contributed by atoms with Crippen LogP contribution in [0.1, 0.15) is 56.8 Å². The lowest BCUT2D eigenvalue weighted by Gasteiger charge is -2.56. The van der Waals surface area contributed by atoms with Crippen molar-refractivity contribution in [1.82, 2.24) is 20.1 Å². The summed E-state index contributed by atoms with van der Waals surface area (Å²) in [5.74, 6) is 3.33. The minimum Gasteiger partial charge on any atom is -0.350 e. The minimum atomic E-state index is -0.123. The van der Waals surface area contributed by atoms with E-state index in [-0.39, 0.29) is 23.8 Å². The van der Waals surface area contributed by atoms with Crippen molar-refractivity contribution in [1.29, 1.82) is 0 Å². The zero-order valence-electron chi connectivity index (χ0n) is 19.5. The molecule has 0 aliphatic heterocycles. The predicted molar refractivity (Wildman–Crippen MR) is 129 cm³/mol. The number of anilines is 1. The minimum absolute atomic E-state index is 0.0314. The number of thioether (sulfide) groups is 1. The van der Waals surface area contributed by atoms with Gasteiger partial charge in [0.25, 0.3) is 0 Å². The molecule has 4 bridgehead atoms. The normalized spacial score (nSPS) is 27.5. The van der Waals surface area contributed by atoms with Crippen LogP contribution in [0.3, 0.4) is 0 Å². The molecule has 4 aliphatic carbocycles. The smallest absolute Gasteiger partial charge is 0.232 e. The molecule has 7 nitrogen and oxygen atoms in total. The van der Waals surface area contributed by atoms with Crippen LogP contribution in [-0.2, 0) is 22.6 Å². The fourth-order valence-corrected chi connectivity index (χ4v) is 7.47. The average molecular weight is 468 g/mol. The molecule has 4 aliphatic rings. The number of carbonyl (C=O) groups is 2. The Morgan fingerprint density at radius 1 is 1.06 bits per heavy atom. The molecule has 8 heteroatoms. The third kappa shape index (κ3) is 4.81. The van der Waals surface area contributed by atoms with Gasteiger partial charge in [0.1, 0.15) is 5.82 Å². The zero-order chi connectivity index (χ0) is 23.0. The fraction of sp³-hybridized carbons (Fsp3) is 0.600. The third-order valence-corrected chi connectivity index (χ3v) is 8.59. The summed E-state index contributed by atoms with van der Waals surface area (Å²) in [7, 11) is 0. The van der Waals surface area contributed by atoms with E-state index in [0.717, 1.165) is 48.3 Å². The van der Waals surface area contributed by atoms with Crippen molar-refractivity contribution in [3.63, 3.8) is 0 Å². The number of hydrogen-bond donors (Lipinski definition) is 2. The third-order valence-electron chi connectivity index (χ3n) is 7.62. The van der Waals surface area contributed by atoms with Gasteiger partial charge in [-0.15, -0.1) is 10.2 Å². The monoisotopic (exact) mass is 467 g/mol. The number of carbonyl (C=O) groups excluding carboxylic acids is 2. The van der Waals surface area contributed by atoms with Crippen LogP contribution in [-0.4, -0.2) is 37.9 Å². The SMILES string of the molecule is CCn1c(CC(=O)Nc2ccccc2C)nnc1SCC(=O)NC12CC3CC(CC(C3)C1)C2. The number of aryl methyl sites for hydroxylation is 1. The number of hydrogen-bond acceptors (Lipinski definition) is 5. The summed E-state index contributed by atoms with van der Waals surface area (Å²) >= 11 is 1.41. The quantitative estimate of drug-likeness (QED) is 0.574. The Bertz CT molecular complexity index is 1010. The highest BCUT2D eigenvalue weighted by molar-refractivity contribution is 7.99. The maximum Gasteiger partial charge on any atom is 0.232 e. The second-order valence-corrected chi connectivity index (χ2v) is 11.2. The van der Waals surface area contributed by atoms with E-state index >= 15 is 0 Å². The van der Waals surface area contributed by atoms with Crippen LogP contribution in [0, 0.1) is 24.7 Å².